The number of aliphatic hydroxyl groups is 1. The predicted octanol–water partition coefficient (Wildman–Crippen LogP) is 5.70. The van der Waals surface area contributed by atoms with Gasteiger partial charge in [0, 0.05) is 46.5 Å². The van der Waals surface area contributed by atoms with Gasteiger partial charge in [-0.3, -0.25) is 4.90 Å². The minimum Gasteiger partial charge on any atom is -0.386 e. The summed E-state index contributed by atoms with van der Waals surface area (Å²) >= 11 is 6.66. The zero-order valence-corrected chi connectivity index (χ0v) is 18.7. The zero-order chi connectivity index (χ0) is 21.6. The molecule has 1 aromatic heterocycles. The topological polar surface area (TPSA) is 48.5 Å². The Morgan fingerprint density at radius 3 is 2.42 bits per heavy atom. The van der Waals surface area contributed by atoms with E-state index < -0.39 is 5.60 Å². The van der Waals surface area contributed by atoms with E-state index in [1.807, 2.05) is 12.1 Å². The largest absolute Gasteiger partial charge is 0.386 e. The van der Waals surface area contributed by atoms with Crippen LogP contribution in [0.4, 0.5) is 0 Å². The van der Waals surface area contributed by atoms with Crippen LogP contribution >= 0.6 is 11.6 Å². The SMILES string of the molecule is CC(C)(O)c1ccc2c(c1)[nH]c1ccc(-c3ccc(CN4CCOCC4)c(Cl)c3)cc12. The molecule has 31 heavy (non-hydrogen) atoms. The van der Waals surface area contributed by atoms with Crippen LogP contribution in [0, 0.1) is 0 Å². The summed E-state index contributed by atoms with van der Waals surface area (Å²) in [4.78, 5) is 5.86. The van der Waals surface area contributed by atoms with Crippen molar-refractivity contribution < 1.29 is 9.84 Å². The van der Waals surface area contributed by atoms with Gasteiger partial charge in [0.2, 0.25) is 0 Å². The Morgan fingerprint density at radius 1 is 0.935 bits per heavy atom. The number of H-pyrrole nitrogens is 1. The fraction of sp³-hybridized carbons (Fsp3) is 0.308. The van der Waals surface area contributed by atoms with Crippen LogP contribution in [0.1, 0.15) is 25.0 Å². The number of aromatic amines is 1. The zero-order valence-electron chi connectivity index (χ0n) is 17.9. The molecule has 5 rings (SSSR count). The van der Waals surface area contributed by atoms with Gasteiger partial charge in [-0.05, 0) is 60.4 Å². The third-order valence-electron chi connectivity index (χ3n) is 6.19. The molecule has 2 N–H and O–H groups in total. The van der Waals surface area contributed by atoms with E-state index >= 15 is 0 Å². The van der Waals surface area contributed by atoms with Crippen molar-refractivity contribution in [1.82, 2.24) is 9.88 Å². The van der Waals surface area contributed by atoms with Crippen LogP contribution < -0.4 is 0 Å². The summed E-state index contributed by atoms with van der Waals surface area (Å²) in [6, 6.07) is 18.9. The van der Waals surface area contributed by atoms with Gasteiger partial charge >= 0.3 is 0 Å². The Kier molecular flexibility index (Phi) is 5.27. The third-order valence-corrected chi connectivity index (χ3v) is 6.54. The third kappa shape index (κ3) is 4.09. The molecular weight excluding hydrogens is 408 g/mol. The Labute approximate surface area is 187 Å². The summed E-state index contributed by atoms with van der Waals surface area (Å²) in [6.07, 6.45) is 0. The van der Waals surface area contributed by atoms with Crippen LogP contribution in [0.15, 0.2) is 54.6 Å². The minimum atomic E-state index is -0.865. The molecule has 1 aliphatic rings. The molecular formula is C26H27ClN2O2. The van der Waals surface area contributed by atoms with Crippen molar-refractivity contribution in [2.24, 2.45) is 0 Å². The average Bonchev–Trinajstić information content (AvgIpc) is 3.12. The van der Waals surface area contributed by atoms with Crippen molar-refractivity contribution in [2.75, 3.05) is 26.3 Å². The van der Waals surface area contributed by atoms with Crippen molar-refractivity contribution in [3.63, 3.8) is 0 Å². The summed E-state index contributed by atoms with van der Waals surface area (Å²) in [5.74, 6) is 0. The van der Waals surface area contributed by atoms with Crippen molar-refractivity contribution in [1.29, 1.82) is 0 Å². The van der Waals surface area contributed by atoms with E-state index in [2.05, 4.69) is 52.3 Å². The maximum Gasteiger partial charge on any atom is 0.0841 e. The molecule has 4 nitrogen and oxygen atoms in total. The first-order valence-corrected chi connectivity index (χ1v) is 11.1. The maximum atomic E-state index is 10.3. The highest BCUT2D eigenvalue weighted by molar-refractivity contribution is 6.31. The van der Waals surface area contributed by atoms with E-state index in [-0.39, 0.29) is 0 Å². The van der Waals surface area contributed by atoms with Crippen LogP contribution in [0.3, 0.4) is 0 Å². The number of ether oxygens (including phenoxy) is 1. The molecule has 0 saturated carbocycles. The number of nitrogens with one attached hydrogen (secondary N) is 1. The average molecular weight is 435 g/mol. The number of hydrogen-bond donors (Lipinski definition) is 2. The molecule has 3 aromatic carbocycles. The molecule has 0 unspecified atom stereocenters. The van der Waals surface area contributed by atoms with Crippen LogP contribution in [0.5, 0.6) is 0 Å². The summed E-state index contributed by atoms with van der Waals surface area (Å²) in [6.45, 7) is 7.94. The number of fused-ring (bicyclic) bond motifs is 3. The van der Waals surface area contributed by atoms with Crippen LogP contribution in [0.2, 0.25) is 5.02 Å². The van der Waals surface area contributed by atoms with Gasteiger partial charge in [0.25, 0.3) is 0 Å². The van der Waals surface area contributed by atoms with Gasteiger partial charge in [0.05, 0.1) is 18.8 Å². The molecule has 0 bridgehead atoms. The molecule has 0 amide bonds. The number of morpholine rings is 1. The van der Waals surface area contributed by atoms with Gasteiger partial charge in [0.1, 0.15) is 0 Å². The number of halogens is 1. The van der Waals surface area contributed by atoms with Gasteiger partial charge < -0.3 is 14.8 Å². The number of aromatic nitrogens is 1. The van der Waals surface area contributed by atoms with Gasteiger partial charge in [-0.1, -0.05) is 41.9 Å². The van der Waals surface area contributed by atoms with Gasteiger partial charge in [-0.15, -0.1) is 0 Å². The molecule has 2 heterocycles. The lowest BCUT2D eigenvalue weighted by Gasteiger charge is -2.27. The molecule has 1 fully saturated rings. The normalized spacial score (nSPS) is 15.7. The smallest absolute Gasteiger partial charge is 0.0841 e. The molecule has 1 aliphatic heterocycles. The lowest BCUT2D eigenvalue weighted by atomic mass is 9.96. The summed E-state index contributed by atoms with van der Waals surface area (Å²) in [5.41, 5.74) is 5.55. The van der Waals surface area contributed by atoms with Crippen LogP contribution in [-0.4, -0.2) is 41.3 Å². The van der Waals surface area contributed by atoms with Gasteiger partial charge in [-0.25, -0.2) is 0 Å². The fourth-order valence-electron chi connectivity index (χ4n) is 4.32. The standard InChI is InChI=1S/C26H27ClN2O2/c1-26(2,30)20-6-7-21-22-13-17(5-8-24(22)28-25(21)15-20)18-3-4-19(23(27)14-18)16-29-9-11-31-12-10-29/h3-8,13-15,28,30H,9-12,16H2,1-2H3. The van der Waals surface area contributed by atoms with E-state index in [1.165, 1.54) is 5.39 Å². The predicted molar refractivity (Wildman–Crippen MR) is 128 cm³/mol. The maximum absolute atomic E-state index is 10.3. The van der Waals surface area contributed by atoms with E-state index in [0.29, 0.717) is 0 Å². The molecule has 5 heteroatoms. The number of benzene rings is 3. The van der Waals surface area contributed by atoms with Crippen LogP contribution in [-0.2, 0) is 16.9 Å². The first-order valence-electron chi connectivity index (χ1n) is 10.8. The van der Waals surface area contributed by atoms with Crippen molar-refractivity contribution in [2.45, 2.75) is 26.0 Å². The van der Waals surface area contributed by atoms with Crippen molar-refractivity contribution >= 4 is 33.4 Å². The monoisotopic (exact) mass is 434 g/mol. The second kappa shape index (κ2) is 7.95. The van der Waals surface area contributed by atoms with Crippen molar-refractivity contribution in [3.05, 3.63) is 70.7 Å². The highest BCUT2D eigenvalue weighted by atomic mass is 35.5. The van der Waals surface area contributed by atoms with Gasteiger partial charge in [0.15, 0.2) is 0 Å². The number of nitrogens with zero attached hydrogens (tertiary/aromatic N) is 1. The Bertz CT molecular complexity index is 1250. The second-order valence-electron chi connectivity index (χ2n) is 8.90. The summed E-state index contributed by atoms with van der Waals surface area (Å²) < 4.78 is 5.44. The quantitative estimate of drug-likeness (QED) is 0.433. The van der Waals surface area contributed by atoms with Crippen LogP contribution in [0.25, 0.3) is 32.9 Å². The number of rotatable bonds is 4. The van der Waals surface area contributed by atoms with Crippen molar-refractivity contribution in [3.8, 4) is 11.1 Å². The first-order chi connectivity index (χ1) is 14.9. The van der Waals surface area contributed by atoms with E-state index in [9.17, 15) is 5.11 Å². The highest BCUT2D eigenvalue weighted by Crippen LogP contribution is 2.33. The van der Waals surface area contributed by atoms with E-state index in [0.717, 1.165) is 76.5 Å². The highest BCUT2D eigenvalue weighted by Gasteiger charge is 2.17. The molecule has 0 spiro atoms. The second-order valence-corrected chi connectivity index (χ2v) is 9.31. The minimum absolute atomic E-state index is 0.789. The fourth-order valence-corrected chi connectivity index (χ4v) is 4.56. The molecule has 160 valence electrons. The summed E-state index contributed by atoms with van der Waals surface area (Å²) in [5, 5.41) is 13.5. The Balaban J connectivity index is 1.48. The molecule has 1 saturated heterocycles. The molecule has 4 aromatic rings. The van der Waals surface area contributed by atoms with Gasteiger partial charge in [-0.2, -0.15) is 0 Å². The summed E-state index contributed by atoms with van der Waals surface area (Å²) in [7, 11) is 0. The Hall–Kier alpha value is -2.37. The van der Waals surface area contributed by atoms with E-state index in [1.54, 1.807) is 13.8 Å². The molecule has 0 aliphatic carbocycles. The Morgan fingerprint density at radius 2 is 1.68 bits per heavy atom. The first kappa shape index (κ1) is 20.5. The lowest BCUT2D eigenvalue weighted by molar-refractivity contribution is 0.0342. The number of hydrogen-bond acceptors (Lipinski definition) is 3. The molecule has 0 atom stereocenters. The lowest BCUT2D eigenvalue weighted by Crippen LogP contribution is -2.35. The molecule has 0 radical (unpaired) electrons. The van der Waals surface area contributed by atoms with E-state index in [4.69, 9.17) is 16.3 Å².